The Morgan fingerprint density at radius 2 is 1.92 bits per heavy atom. The van der Waals surface area contributed by atoms with Crippen molar-refractivity contribution in [2.24, 2.45) is 0 Å². The number of hydrogen-bond donors (Lipinski definition) is 1. The molecule has 136 valence electrons. The Kier molecular flexibility index (Phi) is 6.02. The van der Waals surface area contributed by atoms with Gasteiger partial charge >= 0.3 is 0 Å². The molecule has 0 aliphatic rings. The van der Waals surface area contributed by atoms with Crippen molar-refractivity contribution in [3.8, 4) is 0 Å². The van der Waals surface area contributed by atoms with E-state index in [1.165, 1.54) is 5.56 Å². The lowest BCUT2D eigenvalue weighted by molar-refractivity contribution is -0.115. The fourth-order valence-electron chi connectivity index (χ4n) is 2.93. The molecule has 0 saturated carbocycles. The molecule has 0 aliphatic carbocycles. The van der Waals surface area contributed by atoms with E-state index in [-0.39, 0.29) is 5.91 Å². The van der Waals surface area contributed by atoms with E-state index in [9.17, 15) is 4.79 Å². The summed E-state index contributed by atoms with van der Waals surface area (Å²) in [4.78, 5) is 17.1. The van der Waals surface area contributed by atoms with Crippen LogP contribution in [0.5, 0.6) is 0 Å². The highest BCUT2D eigenvalue weighted by Crippen LogP contribution is 2.20. The number of benzene rings is 2. The van der Waals surface area contributed by atoms with Crippen LogP contribution in [0.4, 0.5) is 5.95 Å². The number of amides is 1. The monoisotopic (exact) mass is 351 g/mol. The number of rotatable bonds is 8. The summed E-state index contributed by atoms with van der Waals surface area (Å²) in [5.41, 5.74) is 4.08. The molecule has 1 heterocycles. The fourth-order valence-corrected chi connectivity index (χ4v) is 2.93. The Labute approximate surface area is 154 Å². The van der Waals surface area contributed by atoms with Crippen molar-refractivity contribution in [1.29, 1.82) is 0 Å². The molecular weight excluding hydrogens is 326 g/mol. The van der Waals surface area contributed by atoms with E-state index in [2.05, 4.69) is 14.9 Å². The third kappa shape index (κ3) is 4.49. The Balaban J connectivity index is 1.75. The number of aryl methyl sites for hydroxylation is 2. The summed E-state index contributed by atoms with van der Waals surface area (Å²) in [6.45, 7) is 6.18. The highest BCUT2D eigenvalue weighted by atomic mass is 16.5. The molecule has 3 rings (SSSR count). The largest absolute Gasteiger partial charge is 0.382 e. The highest BCUT2D eigenvalue weighted by molar-refractivity contribution is 5.92. The fraction of sp³-hybridized carbons (Fsp3) is 0.333. The molecular formula is C21H25N3O2. The third-order valence-corrected chi connectivity index (χ3v) is 4.27. The lowest BCUT2D eigenvalue weighted by Crippen LogP contribution is -2.18. The van der Waals surface area contributed by atoms with Crippen molar-refractivity contribution in [2.45, 2.75) is 33.2 Å². The summed E-state index contributed by atoms with van der Waals surface area (Å²) in [5, 5.41) is 2.98. The van der Waals surface area contributed by atoms with Crippen LogP contribution in [0.1, 0.15) is 24.5 Å². The first-order valence-corrected chi connectivity index (χ1v) is 9.06. The number of nitrogens with zero attached hydrogens (tertiary/aromatic N) is 2. The standard InChI is InChI=1S/C21H25N3O2/c1-3-26-14-6-13-24-19-8-5-4-7-18(19)22-21(24)23-20(25)15-17-11-9-16(2)10-12-17/h4-5,7-12H,3,6,13-15H2,1-2H3,(H,22,23,25). The predicted molar refractivity (Wildman–Crippen MR) is 104 cm³/mol. The van der Waals surface area contributed by atoms with E-state index in [4.69, 9.17) is 4.74 Å². The summed E-state index contributed by atoms with van der Waals surface area (Å²) in [7, 11) is 0. The molecule has 1 aromatic heterocycles. The van der Waals surface area contributed by atoms with Crippen LogP contribution in [0, 0.1) is 6.92 Å². The highest BCUT2D eigenvalue weighted by Gasteiger charge is 2.13. The minimum Gasteiger partial charge on any atom is -0.382 e. The maximum atomic E-state index is 12.5. The molecule has 0 bridgehead atoms. The van der Waals surface area contributed by atoms with Crippen molar-refractivity contribution < 1.29 is 9.53 Å². The third-order valence-electron chi connectivity index (χ3n) is 4.27. The van der Waals surface area contributed by atoms with Crippen LogP contribution in [-0.2, 0) is 22.5 Å². The molecule has 1 N–H and O–H groups in total. The van der Waals surface area contributed by atoms with E-state index < -0.39 is 0 Å². The predicted octanol–water partition coefficient (Wildman–Crippen LogP) is 3.95. The van der Waals surface area contributed by atoms with Gasteiger partial charge in [-0.05, 0) is 38.0 Å². The Morgan fingerprint density at radius 3 is 2.69 bits per heavy atom. The van der Waals surface area contributed by atoms with E-state index in [0.29, 0.717) is 25.6 Å². The summed E-state index contributed by atoms with van der Waals surface area (Å²) < 4.78 is 7.49. The Bertz CT molecular complexity index is 869. The van der Waals surface area contributed by atoms with Crippen LogP contribution < -0.4 is 5.32 Å². The van der Waals surface area contributed by atoms with Gasteiger partial charge in [-0.1, -0.05) is 42.0 Å². The SMILES string of the molecule is CCOCCCn1c(NC(=O)Cc2ccc(C)cc2)nc2ccccc21. The van der Waals surface area contributed by atoms with Gasteiger partial charge in [0.2, 0.25) is 11.9 Å². The first-order chi connectivity index (χ1) is 12.7. The summed E-state index contributed by atoms with van der Waals surface area (Å²) in [5.74, 6) is 0.537. The first kappa shape index (κ1) is 18.1. The van der Waals surface area contributed by atoms with Gasteiger partial charge in [0.25, 0.3) is 0 Å². The molecule has 5 heteroatoms. The van der Waals surface area contributed by atoms with Crippen molar-refractivity contribution in [3.63, 3.8) is 0 Å². The smallest absolute Gasteiger partial charge is 0.231 e. The van der Waals surface area contributed by atoms with Crippen LogP contribution >= 0.6 is 0 Å². The van der Waals surface area contributed by atoms with E-state index in [1.54, 1.807) is 0 Å². The van der Waals surface area contributed by atoms with Gasteiger partial charge in [0.05, 0.1) is 17.5 Å². The van der Waals surface area contributed by atoms with Gasteiger partial charge in [-0.2, -0.15) is 0 Å². The van der Waals surface area contributed by atoms with Crippen LogP contribution in [0.2, 0.25) is 0 Å². The molecule has 3 aromatic rings. The molecule has 0 radical (unpaired) electrons. The Morgan fingerprint density at radius 1 is 1.15 bits per heavy atom. The molecule has 26 heavy (non-hydrogen) atoms. The molecule has 2 aromatic carbocycles. The van der Waals surface area contributed by atoms with E-state index in [0.717, 1.165) is 29.6 Å². The van der Waals surface area contributed by atoms with Crippen LogP contribution in [0.3, 0.4) is 0 Å². The van der Waals surface area contributed by atoms with Crippen molar-refractivity contribution in [1.82, 2.24) is 9.55 Å². The van der Waals surface area contributed by atoms with Gasteiger partial charge in [0.1, 0.15) is 0 Å². The molecule has 5 nitrogen and oxygen atoms in total. The topological polar surface area (TPSA) is 56.1 Å². The minimum absolute atomic E-state index is 0.0600. The second-order valence-electron chi connectivity index (χ2n) is 6.34. The lowest BCUT2D eigenvalue weighted by atomic mass is 10.1. The maximum Gasteiger partial charge on any atom is 0.231 e. The van der Waals surface area contributed by atoms with Gasteiger partial charge in [0, 0.05) is 19.8 Å². The quantitative estimate of drug-likeness (QED) is 0.625. The van der Waals surface area contributed by atoms with Gasteiger partial charge in [-0.3, -0.25) is 10.1 Å². The van der Waals surface area contributed by atoms with Gasteiger partial charge < -0.3 is 9.30 Å². The zero-order valence-corrected chi connectivity index (χ0v) is 15.4. The summed E-state index contributed by atoms with van der Waals surface area (Å²) in [6.07, 6.45) is 1.21. The van der Waals surface area contributed by atoms with Gasteiger partial charge in [-0.15, -0.1) is 0 Å². The number of carbonyl (C=O) groups is 1. The van der Waals surface area contributed by atoms with Crippen molar-refractivity contribution in [3.05, 3.63) is 59.7 Å². The zero-order valence-electron chi connectivity index (χ0n) is 15.4. The Hall–Kier alpha value is -2.66. The van der Waals surface area contributed by atoms with Crippen LogP contribution in [0.25, 0.3) is 11.0 Å². The number of carbonyl (C=O) groups excluding carboxylic acids is 1. The summed E-state index contributed by atoms with van der Waals surface area (Å²) in [6, 6.07) is 15.9. The average Bonchev–Trinajstić information content (AvgIpc) is 2.98. The number of para-hydroxylation sites is 2. The number of ether oxygens (including phenoxy) is 1. The number of nitrogens with one attached hydrogen (secondary N) is 1. The average molecular weight is 351 g/mol. The normalized spacial score (nSPS) is 11.0. The molecule has 0 spiro atoms. The van der Waals surface area contributed by atoms with E-state index in [1.807, 2.05) is 62.4 Å². The van der Waals surface area contributed by atoms with Crippen LogP contribution in [0.15, 0.2) is 48.5 Å². The molecule has 0 unspecified atom stereocenters. The molecule has 0 saturated heterocycles. The number of fused-ring (bicyclic) bond motifs is 1. The van der Waals surface area contributed by atoms with E-state index >= 15 is 0 Å². The van der Waals surface area contributed by atoms with Crippen molar-refractivity contribution >= 4 is 22.9 Å². The van der Waals surface area contributed by atoms with Gasteiger partial charge in [-0.25, -0.2) is 4.98 Å². The number of imidazole rings is 1. The van der Waals surface area contributed by atoms with Gasteiger partial charge in [0.15, 0.2) is 0 Å². The number of anilines is 1. The number of aromatic nitrogens is 2. The second kappa shape index (κ2) is 8.63. The number of hydrogen-bond acceptors (Lipinski definition) is 3. The summed E-state index contributed by atoms with van der Waals surface area (Å²) >= 11 is 0. The molecule has 1 amide bonds. The maximum absolute atomic E-state index is 12.5. The molecule has 0 atom stereocenters. The lowest BCUT2D eigenvalue weighted by Gasteiger charge is -2.10. The first-order valence-electron chi connectivity index (χ1n) is 9.06. The van der Waals surface area contributed by atoms with Crippen LogP contribution in [-0.4, -0.2) is 28.7 Å². The minimum atomic E-state index is -0.0600. The van der Waals surface area contributed by atoms with Crippen molar-refractivity contribution in [2.75, 3.05) is 18.5 Å². The second-order valence-corrected chi connectivity index (χ2v) is 6.34. The zero-order chi connectivity index (χ0) is 18.4. The molecule has 0 fully saturated rings. The molecule has 0 aliphatic heterocycles.